The van der Waals surface area contributed by atoms with Gasteiger partial charge in [0.25, 0.3) is 0 Å². The predicted molar refractivity (Wildman–Crippen MR) is 180 cm³/mol. The second-order valence-electron chi connectivity index (χ2n) is 11.0. The Morgan fingerprint density at radius 1 is 1.09 bits per heavy atom. The van der Waals surface area contributed by atoms with Crippen LogP contribution in [0.1, 0.15) is 47.8 Å². The molecule has 0 unspecified atom stereocenters. The largest absolute Gasteiger partial charge is 0.380 e. The molecule has 4 heterocycles. The number of benzene rings is 1. The van der Waals surface area contributed by atoms with Gasteiger partial charge in [-0.2, -0.15) is 5.10 Å². The lowest BCUT2D eigenvalue weighted by Gasteiger charge is -2.27. The first-order chi connectivity index (χ1) is 21.5. The zero-order valence-electron chi connectivity index (χ0n) is 25.5. The summed E-state index contributed by atoms with van der Waals surface area (Å²) in [6.07, 6.45) is 3.93. The van der Waals surface area contributed by atoms with Gasteiger partial charge in [-0.05, 0) is 65.0 Å². The molecule has 236 valence electrons. The standard InChI is InChI=1S/C31H33BrIN7O5/c1-16-8-25(31(43)37-30-24(32)7-6-22(36-30)15-45-5)40(29(16)33)26(42)13-39-28-20(14-44-4)9-19(21-11-34-18(3)35-12-21)10-23(28)27(38-39)17(2)41/h6-7,9-12,16,25,29H,8,13-15H2,1-5H3,(H,36,37,43)/t16-,25-,29-/m0/s1. The quantitative estimate of drug-likeness (QED) is 0.101. The number of aromatic nitrogens is 5. The number of ketones is 1. The van der Waals surface area contributed by atoms with E-state index in [4.69, 9.17) is 9.47 Å². The van der Waals surface area contributed by atoms with Gasteiger partial charge in [0.2, 0.25) is 11.8 Å². The zero-order valence-corrected chi connectivity index (χ0v) is 29.2. The van der Waals surface area contributed by atoms with Crippen LogP contribution in [-0.4, -0.2) is 71.5 Å². The molecule has 3 aromatic heterocycles. The number of likely N-dealkylation sites (tertiary alicyclic amines) is 1. The molecule has 4 aromatic rings. The van der Waals surface area contributed by atoms with Crippen LogP contribution in [0.5, 0.6) is 0 Å². The maximum absolute atomic E-state index is 14.1. The number of carbonyl (C=O) groups excluding carboxylic acids is 3. The lowest BCUT2D eigenvalue weighted by Crippen LogP contribution is -2.47. The Morgan fingerprint density at radius 3 is 2.47 bits per heavy atom. The van der Waals surface area contributed by atoms with Gasteiger partial charge in [-0.25, -0.2) is 15.0 Å². The van der Waals surface area contributed by atoms with Gasteiger partial charge in [-0.3, -0.25) is 19.1 Å². The number of nitrogens with one attached hydrogen (secondary N) is 1. The highest BCUT2D eigenvalue weighted by Crippen LogP contribution is 2.36. The minimum atomic E-state index is -0.727. The Morgan fingerprint density at radius 2 is 1.80 bits per heavy atom. The molecule has 0 aliphatic carbocycles. The lowest BCUT2D eigenvalue weighted by atomic mass is 10.0. The van der Waals surface area contributed by atoms with E-state index in [1.165, 1.54) is 6.92 Å². The zero-order chi connectivity index (χ0) is 32.4. The third-order valence-electron chi connectivity index (χ3n) is 7.65. The van der Waals surface area contributed by atoms with E-state index in [0.717, 1.165) is 16.7 Å². The summed E-state index contributed by atoms with van der Waals surface area (Å²) in [7, 11) is 3.16. The number of hydrogen-bond acceptors (Lipinski definition) is 9. The maximum Gasteiger partial charge on any atom is 0.248 e. The predicted octanol–water partition coefficient (Wildman–Crippen LogP) is 5.09. The Hall–Kier alpha value is -3.34. The summed E-state index contributed by atoms with van der Waals surface area (Å²) in [5, 5.41) is 8.11. The van der Waals surface area contributed by atoms with Crippen molar-refractivity contribution >= 4 is 72.8 Å². The van der Waals surface area contributed by atoms with E-state index < -0.39 is 6.04 Å². The van der Waals surface area contributed by atoms with Crippen LogP contribution in [0, 0.1) is 12.8 Å². The minimum absolute atomic E-state index is 0.0620. The summed E-state index contributed by atoms with van der Waals surface area (Å²) in [4.78, 5) is 55.2. The third kappa shape index (κ3) is 6.93. The molecule has 45 heavy (non-hydrogen) atoms. The number of pyridine rings is 1. The monoisotopic (exact) mass is 789 g/mol. The van der Waals surface area contributed by atoms with Gasteiger partial charge in [0.05, 0.1) is 32.9 Å². The molecule has 14 heteroatoms. The van der Waals surface area contributed by atoms with Crippen LogP contribution in [-0.2, 0) is 38.8 Å². The molecule has 0 radical (unpaired) electrons. The molecule has 1 fully saturated rings. The number of nitrogens with zero attached hydrogens (tertiary/aromatic N) is 6. The van der Waals surface area contributed by atoms with Crippen LogP contribution in [0.4, 0.5) is 5.82 Å². The average Bonchev–Trinajstić information content (AvgIpc) is 3.52. The van der Waals surface area contributed by atoms with Crippen molar-refractivity contribution in [3.05, 3.63) is 63.9 Å². The van der Waals surface area contributed by atoms with Crippen molar-refractivity contribution in [1.82, 2.24) is 29.6 Å². The van der Waals surface area contributed by atoms with Gasteiger partial charge in [-0.15, -0.1) is 0 Å². The van der Waals surface area contributed by atoms with Gasteiger partial charge < -0.3 is 19.7 Å². The van der Waals surface area contributed by atoms with E-state index in [1.54, 1.807) is 48.3 Å². The lowest BCUT2D eigenvalue weighted by molar-refractivity contribution is -0.137. The van der Waals surface area contributed by atoms with Gasteiger partial charge in [0, 0.05) is 50.1 Å². The highest BCUT2D eigenvalue weighted by atomic mass is 127. The fourth-order valence-electron chi connectivity index (χ4n) is 5.53. The smallest absolute Gasteiger partial charge is 0.248 e. The highest BCUT2D eigenvalue weighted by Gasteiger charge is 2.44. The second kappa shape index (κ2) is 14.0. The molecule has 0 saturated carbocycles. The fourth-order valence-corrected chi connectivity index (χ4v) is 6.84. The Labute approximate surface area is 282 Å². The van der Waals surface area contributed by atoms with Crippen molar-refractivity contribution < 1.29 is 23.9 Å². The van der Waals surface area contributed by atoms with Crippen molar-refractivity contribution in [2.45, 2.75) is 57.0 Å². The molecule has 2 amide bonds. The van der Waals surface area contributed by atoms with Crippen LogP contribution in [0.25, 0.3) is 22.0 Å². The van der Waals surface area contributed by atoms with Crippen molar-refractivity contribution in [1.29, 1.82) is 0 Å². The molecule has 3 atom stereocenters. The van der Waals surface area contributed by atoms with Crippen LogP contribution < -0.4 is 5.32 Å². The number of aryl methyl sites for hydroxylation is 1. The van der Waals surface area contributed by atoms with Crippen molar-refractivity contribution in [2.24, 2.45) is 5.92 Å². The number of fused-ring (bicyclic) bond motifs is 1. The van der Waals surface area contributed by atoms with Gasteiger partial charge in [0.1, 0.15) is 29.9 Å². The van der Waals surface area contributed by atoms with Crippen LogP contribution in [0.3, 0.4) is 0 Å². The maximum atomic E-state index is 14.1. The SMILES string of the molecule is COCc1ccc(Br)c(NC(=O)[C@@H]2C[C@H](C)[C@@H](I)N2C(=O)Cn2nc(C(C)=O)c3cc(-c4cnc(C)nc4)cc(COC)c32)n1. The van der Waals surface area contributed by atoms with E-state index in [0.29, 0.717) is 45.7 Å². The summed E-state index contributed by atoms with van der Waals surface area (Å²) in [6, 6.07) is 6.67. The van der Waals surface area contributed by atoms with Crippen molar-refractivity contribution in [3.63, 3.8) is 0 Å². The molecule has 1 aliphatic heterocycles. The van der Waals surface area contributed by atoms with Crippen LogP contribution in [0.2, 0.25) is 0 Å². The second-order valence-corrected chi connectivity index (χ2v) is 13.1. The summed E-state index contributed by atoms with van der Waals surface area (Å²) in [5.41, 5.74) is 3.85. The number of alkyl halides is 1. The summed E-state index contributed by atoms with van der Waals surface area (Å²) in [5.74, 6) is 0.198. The molecule has 5 rings (SSSR count). The number of amides is 2. The van der Waals surface area contributed by atoms with E-state index in [-0.39, 0.29) is 46.4 Å². The summed E-state index contributed by atoms with van der Waals surface area (Å²) >= 11 is 5.67. The van der Waals surface area contributed by atoms with Crippen LogP contribution >= 0.6 is 38.5 Å². The molecule has 1 saturated heterocycles. The molecule has 1 aromatic carbocycles. The first-order valence-electron chi connectivity index (χ1n) is 14.2. The summed E-state index contributed by atoms with van der Waals surface area (Å²) in [6.45, 7) is 5.62. The molecule has 0 spiro atoms. The number of anilines is 1. The number of hydrogen-bond donors (Lipinski definition) is 1. The molecular weight excluding hydrogens is 757 g/mol. The highest BCUT2D eigenvalue weighted by molar-refractivity contribution is 14.1. The van der Waals surface area contributed by atoms with Crippen molar-refractivity contribution in [2.75, 3.05) is 19.5 Å². The number of carbonyl (C=O) groups is 3. The van der Waals surface area contributed by atoms with Crippen molar-refractivity contribution in [3.8, 4) is 11.1 Å². The van der Waals surface area contributed by atoms with E-state index in [1.807, 2.05) is 26.0 Å². The topological polar surface area (TPSA) is 141 Å². The van der Waals surface area contributed by atoms with Gasteiger partial charge in [-0.1, -0.05) is 29.5 Å². The Kier molecular flexibility index (Phi) is 10.3. The van der Waals surface area contributed by atoms with E-state index in [2.05, 4.69) is 63.9 Å². The number of rotatable bonds is 10. The molecule has 0 bridgehead atoms. The minimum Gasteiger partial charge on any atom is -0.380 e. The fraction of sp³-hybridized carbons (Fsp3) is 0.387. The first kappa shape index (κ1) is 33.0. The number of halogens is 2. The number of methoxy groups -OCH3 is 2. The van der Waals surface area contributed by atoms with E-state index in [9.17, 15) is 14.4 Å². The van der Waals surface area contributed by atoms with Crippen LogP contribution in [0.15, 0.2) is 41.1 Å². The molecule has 1 aliphatic rings. The normalized spacial score (nSPS) is 18.0. The molecule has 12 nitrogen and oxygen atoms in total. The van der Waals surface area contributed by atoms with E-state index >= 15 is 0 Å². The molecular formula is C31H33BrIN7O5. The molecule has 1 N–H and O–H groups in total. The van der Waals surface area contributed by atoms with Gasteiger partial charge in [0.15, 0.2) is 5.78 Å². The Balaban J connectivity index is 1.49. The third-order valence-corrected chi connectivity index (χ3v) is 10.1. The Bertz CT molecular complexity index is 1760. The number of ether oxygens (including phenoxy) is 2. The average molecular weight is 790 g/mol. The van der Waals surface area contributed by atoms with Gasteiger partial charge >= 0.3 is 0 Å². The number of Topliss-reactive ketones (excluding diaryl/α,β-unsaturated/α-hetero) is 1. The summed E-state index contributed by atoms with van der Waals surface area (Å²) < 4.78 is 12.6. The first-order valence-corrected chi connectivity index (χ1v) is 16.3.